The van der Waals surface area contributed by atoms with Crippen LogP contribution in [0.1, 0.15) is 35.5 Å². The zero-order valence-corrected chi connectivity index (χ0v) is 16.0. The number of pyridine rings is 1. The van der Waals surface area contributed by atoms with Gasteiger partial charge in [-0.15, -0.1) is 11.3 Å². The summed E-state index contributed by atoms with van der Waals surface area (Å²) < 4.78 is 5.98. The number of fused-ring (bicyclic) bond motifs is 1. The number of ether oxygens (including phenoxy) is 1. The summed E-state index contributed by atoms with van der Waals surface area (Å²) in [5.74, 6) is -0.175. The SMILES string of the molecule is CCCN1CCO[C@H](c2cc(C(=O)Nc3nccs3)c3ccccc3n2)C1. The van der Waals surface area contributed by atoms with Gasteiger partial charge in [-0.1, -0.05) is 25.1 Å². The van der Waals surface area contributed by atoms with Crippen LogP contribution in [-0.2, 0) is 4.74 Å². The molecular weight excluding hydrogens is 360 g/mol. The van der Waals surface area contributed by atoms with E-state index in [1.54, 1.807) is 6.20 Å². The Bertz CT molecular complexity index is 927. The number of nitrogens with one attached hydrogen (secondary N) is 1. The van der Waals surface area contributed by atoms with Crippen molar-refractivity contribution in [2.24, 2.45) is 0 Å². The zero-order valence-electron chi connectivity index (χ0n) is 15.2. The number of hydrogen-bond acceptors (Lipinski definition) is 6. The Balaban J connectivity index is 1.69. The number of hydrogen-bond donors (Lipinski definition) is 1. The maximum atomic E-state index is 12.9. The normalized spacial score (nSPS) is 17.9. The number of aromatic nitrogens is 2. The lowest BCUT2D eigenvalue weighted by atomic mass is 10.0. The van der Waals surface area contributed by atoms with Crippen LogP contribution in [0.4, 0.5) is 5.13 Å². The van der Waals surface area contributed by atoms with Crippen LogP contribution in [0.15, 0.2) is 41.9 Å². The number of morpholine rings is 1. The summed E-state index contributed by atoms with van der Waals surface area (Å²) in [5.41, 5.74) is 2.20. The molecule has 0 radical (unpaired) electrons. The maximum Gasteiger partial charge on any atom is 0.258 e. The van der Waals surface area contributed by atoms with Gasteiger partial charge in [-0.25, -0.2) is 9.97 Å². The predicted molar refractivity (Wildman–Crippen MR) is 107 cm³/mol. The lowest BCUT2D eigenvalue weighted by Gasteiger charge is -2.32. The van der Waals surface area contributed by atoms with Crippen LogP contribution in [0.3, 0.4) is 0 Å². The van der Waals surface area contributed by atoms with Crippen molar-refractivity contribution in [1.82, 2.24) is 14.9 Å². The molecule has 3 aromatic rings. The Morgan fingerprint density at radius 2 is 2.30 bits per heavy atom. The molecule has 140 valence electrons. The van der Waals surface area contributed by atoms with Crippen LogP contribution in [0, 0.1) is 0 Å². The fourth-order valence-corrected chi connectivity index (χ4v) is 3.92. The molecule has 1 atom stereocenters. The van der Waals surface area contributed by atoms with Crippen LogP contribution in [0.2, 0.25) is 0 Å². The van der Waals surface area contributed by atoms with E-state index in [1.165, 1.54) is 11.3 Å². The van der Waals surface area contributed by atoms with E-state index in [1.807, 2.05) is 35.7 Å². The Labute approximate surface area is 162 Å². The van der Waals surface area contributed by atoms with Crippen LogP contribution >= 0.6 is 11.3 Å². The first-order valence-corrected chi connectivity index (χ1v) is 10.1. The average Bonchev–Trinajstić information content (AvgIpc) is 3.20. The van der Waals surface area contributed by atoms with Gasteiger partial charge >= 0.3 is 0 Å². The van der Waals surface area contributed by atoms with Crippen LogP contribution < -0.4 is 5.32 Å². The summed E-state index contributed by atoms with van der Waals surface area (Å²) in [5, 5.41) is 6.13. The molecule has 2 aromatic heterocycles. The smallest absolute Gasteiger partial charge is 0.258 e. The first-order valence-electron chi connectivity index (χ1n) is 9.19. The number of nitrogens with zero attached hydrogens (tertiary/aromatic N) is 3. The molecule has 3 heterocycles. The Morgan fingerprint density at radius 3 is 3.11 bits per heavy atom. The molecule has 1 aromatic carbocycles. The van der Waals surface area contributed by atoms with Gasteiger partial charge in [0, 0.05) is 30.1 Å². The number of para-hydroxylation sites is 1. The van der Waals surface area contributed by atoms with E-state index in [9.17, 15) is 4.79 Å². The highest BCUT2D eigenvalue weighted by atomic mass is 32.1. The molecule has 7 heteroatoms. The van der Waals surface area contributed by atoms with Gasteiger partial charge in [-0.05, 0) is 25.1 Å². The molecular formula is C20H22N4O2S. The summed E-state index contributed by atoms with van der Waals surface area (Å²) in [6.45, 7) is 5.65. The Kier molecular flexibility index (Phi) is 5.42. The van der Waals surface area contributed by atoms with E-state index in [2.05, 4.69) is 22.1 Å². The van der Waals surface area contributed by atoms with Gasteiger partial charge in [0.1, 0.15) is 6.10 Å². The minimum absolute atomic E-state index is 0.124. The van der Waals surface area contributed by atoms with E-state index in [0.717, 1.165) is 42.7 Å². The topological polar surface area (TPSA) is 67.3 Å². The molecule has 1 saturated heterocycles. The van der Waals surface area contributed by atoms with Crippen molar-refractivity contribution in [1.29, 1.82) is 0 Å². The molecule has 1 aliphatic heterocycles. The first-order chi connectivity index (χ1) is 13.2. The molecule has 1 aliphatic rings. The van der Waals surface area contributed by atoms with E-state index in [0.29, 0.717) is 17.3 Å². The van der Waals surface area contributed by atoms with Gasteiger partial charge in [0.2, 0.25) is 0 Å². The lowest BCUT2D eigenvalue weighted by Crippen LogP contribution is -2.39. The summed E-state index contributed by atoms with van der Waals surface area (Å²) >= 11 is 1.40. The summed E-state index contributed by atoms with van der Waals surface area (Å²) in [6.07, 6.45) is 2.66. The highest BCUT2D eigenvalue weighted by Gasteiger charge is 2.24. The van der Waals surface area contributed by atoms with E-state index in [4.69, 9.17) is 9.72 Å². The number of benzene rings is 1. The number of anilines is 1. The van der Waals surface area contributed by atoms with E-state index >= 15 is 0 Å². The Hall–Kier alpha value is -2.35. The van der Waals surface area contributed by atoms with Gasteiger partial charge < -0.3 is 4.74 Å². The quantitative estimate of drug-likeness (QED) is 0.728. The van der Waals surface area contributed by atoms with Crippen molar-refractivity contribution < 1.29 is 9.53 Å². The second-order valence-corrected chi connectivity index (χ2v) is 7.46. The molecule has 27 heavy (non-hydrogen) atoms. The average molecular weight is 382 g/mol. The van der Waals surface area contributed by atoms with Crippen molar-refractivity contribution >= 4 is 33.3 Å². The molecule has 0 saturated carbocycles. The number of thiazole rings is 1. The minimum atomic E-state index is -0.175. The fraction of sp³-hybridized carbons (Fsp3) is 0.350. The number of carbonyl (C=O) groups is 1. The van der Waals surface area contributed by atoms with Gasteiger partial charge in [0.15, 0.2) is 5.13 Å². The van der Waals surface area contributed by atoms with Gasteiger partial charge in [-0.3, -0.25) is 15.0 Å². The standard InChI is InChI=1S/C20H22N4O2S/c1-2-8-24-9-10-26-18(13-24)17-12-15(14-5-3-4-6-16(14)22-17)19(25)23-20-21-7-11-27-20/h3-7,11-12,18H,2,8-10,13H2,1H3,(H,21,23,25)/t18-/m0/s1. The molecule has 6 nitrogen and oxygen atoms in total. The van der Waals surface area contributed by atoms with E-state index < -0.39 is 0 Å². The second kappa shape index (κ2) is 8.12. The third-order valence-corrected chi connectivity index (χ3v) is 5.34. The van der Waals surface area contributed by atoms with Gasteiger partial charge in [0.25, 0.3) is 5.91 Å². The van der Waals surface area contributed by atoms with Crippen LogP contribution in [0.25, 0.3) is 10.9 Å². The largest absolute Gasteiger partial charge is 0.369 e. The monoisotopic (exact) mass is 382 g/mol. The third kappa shape index (κ3) is 4.00. The van der Waals surface area contributed by atoms with E-state index in [-0.39, 0.29) is 12.0 Å². The number of amides is 1. The minimum Gasteiger partial charge on any atom is -0.369 e. The first kappa shape index (κ1) is 18.0. The molecule has 1 N–H and O–H groups in total. The highest BCUT2D eigenvalue weighted by Crippen LogP contribution is 2.27. The van der Waals surface area contributed by atoms with Crippen molar-refractivity contribution in [3.63, 3.8) is 0 Å². The maximum absolute atomic E-state index is 12.9. The van der Waals surface area contributed by atoms with Crippen molar-refractivity contribution in [2.45, 2.75) is 19.4 Å². The predicted octanol–water partition coefficient (Wildman–Crippen LogP) is 3.73. The van der Waals surface area contributed by atoms with Crippen LogP contribution in [0.5, 0.6) is 0 Å². The molecule has 0 bridgehead atoms. The molecule has 4 rings (SSSR count). The third-order valence-electron chi connectivity index (χ3n) is 4.65. The van der Waals surface area contributed by atoms with Crippen molar-refractivity contribution in [2.75, 3.05) is 31.6 Å². The second-order valence-electron chi connectivity index (χ2n) is 6.56. The molecule has 0 unspecified atom stereocenters. The molecule has 1 fully saturated rings. The van der Waals surface area contributed by atoms with Gasteiger partial charge in [0.05, 0.1) is 23.4 Å². The summed E-state index contributed by atoms with van der Waals surface area (Å²) in [7, 11) is 0. The Morgan fingerprint density at radius 1 is 1.41 bits per heavy atom. The molecule has 1 amide bonds. The summed E-state index contributed by atoms with van der Waals surface area (Å²) in [6, 6.07) is 9.59. The molecule has 0 spiro atoms. The lowest BCUT2D eigenvalue weighted by molar-refractivity contribution is -0.0318. The van der Waals surface area contributed by atoms with Crippen molar-refractivity contribution in [3.05, 3.63) is 53.2 Å². The van der Waals surface area contributed by atoms with Gasteiger partial charge in [-0.2, -0.15) is 0 Å². The van der Waals surface area contributed by atoms with Crippen LogP contribution in [-0.4, -0.2) is 47.0 Å². The zero-order chi connectivity index (χ0) is 18.6. The number of carbonyl (C=O) groups excluding carboxylic acids is 1. The van der Waals surface area contributed by atoms with Crippen molar-refractivity contribution in [3.8, 4) is 0 Å². The summed E-state index contributed by atoms with van der Waals surface area (Å²) in [4.78, 5) is 24.2. The highest BCUT2D eigenvalue weighted by molar-refractivity contribution is 7.13. The number of rotatable bonds is 5. The molecule has 0 aliphatic carbocycles. The fourth-order valence-electron chi connectivity index (χ4n) is 3.40.